The lowest BCUT2D eigenvalue weighted by molar-refractivity contribution is 0.0472. The van der Waals surface area contributed by atoms with Gasteiger partial charge in [0.1, 0.15) is 0 Å². The number of aliphatic hydroxyl groups excluding tert-OH is 1. The predicted molar refractivity (Wildman–Crippen MR) is 87.1 cm³/mol. The minimum atomic E-state index is 0.159. The molecule has 0 spiro atoms. The summed E-state index contributed by atoms with van der Waals surface area (Å²) < 4.78 is 0. The Hall–Kier alpha value is -1.39. The predicted octanol–water partition coefficient (Wildman–Crippen LogP) is 1.70. The Bertz CT molecular complexity index is 532. The maximum absolute atomic E-state index is 12.7. The van der Waals surface area contributed by atoms with Crippen molar-refractivity contribution in [3.05, 3.63) is 34.9 Å². The number of aliphatic hydroxyl groups is 1. The highest BCUT2D eigenvalue weighted by molar-refractivity contribution is 5.94. The highest BCUT2D eigenvalue weighted by Crippen LogP contribution is 2.23. The highest BCUT2D eigenvalue weighted by Gasteiger charge is 2.26. The second kappa shape index (κ2) is 6.80. The monoisotopic (exact) mass is 302 g/mol. The van der Waals surface area contributed by atoms with Gasteiger partial charge in [0, 0.05) is 37.8 Å². The lowest BCUT2D eigenvalue weighted by atomic mass is 10.1. The van der Waals surface area contributed by atoms with Gasteiger partial charge in [-0.2, -0.15) is 0 Å². The van der Waals surface area contributed by atoms with Crippen molar-refractivity contribution in [3.8, 4) is 0 Å². The van der Waals surface area contributed by atoms with Gasteiger partial charge in [0.05, 0.1) is 6.61 Å². The zero-order valence-corrected chi connectivity index (χ0v) is 13.4. The molecule has 0 aromatic heterocycles. The summed E-state index contributed by atoms with van der Waals surface area (Å²) in [7, 11) is 0. The standard InChI is InChI=1S/C18H26N2O2/c1-2-17(13-21)19-8-10-20(11-9-19)18(22)16-7-6-14-4-3-5-15(14)12-16/h6-7,12,17,21H,2-5,8-11,13H2,1H3. The van der Waals surface area contributed by atoms with Crippen LogP contribution < -0.4 is 0 Å². The molecule has 1 N–H and O–H groups in total. The Kier molecular flexibility index (Phi) is 4.79. The normalized spacial score (nSPS) is 20.0. The molecule has 1 heterocycles. The summed E-state index contributed by atoms with van der Waals surface area (Å²) in [5.41, 5.74) is 3.61. The second-order valence-corrected chi connectivity index (χ2v) is 6.41. The molecule has 3 rings (SSSR count). The van der Waals surface area contributed by atoms with Gasteiger partial charge in [-0.1, -0.05) is 13.0 Å². The molecule has 1 amide bonds. The first-order chi connectivity index (χ1) is 10.7. The summed E-state index contributed by atoms with van der Waals surface area (Å²) in [6, 6.07) is 6.45. The average Bonchev–Trinajstić information content (AvgIpc) is 3.03. The van der Waals surface area contributed by atoms with E-state index in [4.69, 9.17) is 0 Å². The molecule has 1 aliphatic heterocycles. The Labute approximate surface area is 132 Å². The molecule has 4 heteroatoms. The molecule has 1 saturated heterocycles. The highest BCUT2D eigenvalue weighted by atomic mass is 16.3. The van der Waals surface area contributed by atoms with Gasteiger partial charge in [0.15, 0.2) is 0 Å². The molecule has 1 aliphatic carbocycles. The number of hydrogen-bond donors (Lipinski definition) is 1. The Morgan fingerprint density at radius 3 is 2.59 bits per heavy atom. The van der Waals surface area contributed by atoms with E-state index in [1.165, 1.54) is 17.5 Å². The van der Waals surface area contributed by atoms with Crippen LogP contribution in [0.2, 0.25) is 0 Å². The van der Waals surface area contributed by atoms with Gasteiger partial charge in [0.25, 0.3) is 5.91 Å². The molecule has 1 aromatic rings. The van der Waals surface area contributed by atoms with Crippen molar-refractivity contribution < 1.29 is 9.90 Å². The Morgan fingerprint density at radius 1 is 1.18 bits per heavy atom. The van der Waals surface area contributed by atoms with Gasteiger partial charge in [0.2, 0.25) is 0 Å². The summed E-state index contributed by atoms with van der Waals surface area (Å²) in [5, 5.41) is 9.40. The molecule has 4 nitrogen and oxygen atoms in total. The molecular formula is C18H26N2O2. The van der Waals surface area contributed by atoms with E-state index >= 15 is 0 Å². The third-order valence-corrected chi connectivity index (χ3v) is 5.15. The van der Waals surface area contributed by atoms with E-state index in [1.807, 2.05) is 11.0 Å². The first-order valence-electron chi connectivity index (χ1n) is 8.49. The SMILES string of the molecule is CCC(CO)N1CCN(C(=O)c2ccc3c(c2)CCC3)CC1. The maximum atomic E-state index is 12.7. The minimum absolute atomic E-state index is 0.159. The third-order valence-electron chi connectivity index (χ3n) is 5.15. The van der Waals surface area contributed by atoms with Gasteiger partial charge in [-0.3, -0.25) is 9.69 Å². The lowest BCUT2D eigenvalue weighted by Crippen LogP contribution is -2.52. The van der Waals surface area contributed by atoms with Crippen LogP contribution in [0.25, 0.3) is 0 Å². The van der Waals surface area contributed by atoms with E-state index in [2.05, 4.69) is 24.0 Å². The number of fused-ring (bicyclic) bond motifs is 1. The number of carbonyl (C=O) groups is 1. The molecule has 1 aromatic carbocycles. The van der Waals surface area contributed by atoms with Crippen molar-refractivity contribution in [1.29, 1.82) is 0 Å². The van der Waals surface area contributed by atoms with Crippen molar-refractivity contribution in [1.82, 2.24) is 9.80 Å². The van der Waals surface area contributed by atoms with Gasteiger partial charge >= 0.3 is 0 Å². The zero-order valence-electron chi connectivity index (χ0n) is 13.4. The molecule has 22 heavy (non-hydrogen) atoms. The number of benzene rings is 1. The molecule has 0 radical (unpaired) electrons. The van der Waals surface area contributed by atoms with Gasteiger partial charge in [-0.25, -0.2) is 0 Å². The summed E-state index contributed by atoms with van der Waals surface area (Å²) in [6.45, 7) is 5.53. The van der Waals surface area contributed by atoms with Crippen LogP contribution in [-0.2, 0) is 12.8 Å². The van der Waals surface area contributed by atoms with Crippen LogP contribution in [0, 0.1) is 0 Å². The van der Waals surface area contributed by atoms with E-state index in [0.29, 0.717) is 0 Å². The van der Waals surface area contributed by atoms with Crippen molar-refractivity contribution in [2.75, 3.05) is 32.8 Å². The van der Waals surface area contributed by atoms with E-state index in [0.717, 1.165) is 51.0 Å². The van der Waals surface area contributed by atoms with Crippen molar-refractivity contribution in [2.24, 2.45) is 0 Å². The first-order valence-corrected chi connectivity index (χ1v) is 8.49. The van der Waals surface area contributed by atoms with E-state index in [9.17, 15) is 9.90 Å². The Balaban J connectivity index is 1.62. The third kappa shape index (κ3) is 3.03. The summed E-state index contributed by atoms with van der Waals surface area (Å²) >= 11 is 0. The number of aryl methyl sites for hydroxylation is 2. The summed E-state index contributed by atoms with van der Waals surface area (Å²) in [6.07, 6.45) is 4.43. The van der Waals surface area contributed by atoms with E-state index in [-0.39, 0.29) is 18.6 Å². The van der Waals surface area contributed by atoms with Gasteiger partial charge < -0.3 is 10.0 Å². The van der Waals surface area contributed by atoms with Crippen molar-refractivity contribution in [3.63, 3.8) is 0 Å². The zero-order chi connectivity index (χ0) is 15.5. The Morgan fingerprint density at radius 2 is 1.91 bits per heavy atom. The molecule has 1 atom stereocenters. The fourth-order valence-electron chi connectivity index (χ4n) is 3.68. The van der Waals surface area contributed by atoms with E-state index < -0.39 is 0 Å². The smallest absolute Gasteiger partial charge is 0.253 e. The molecular weight excluding hydrogens is 276 g/mol. The van der Waals surface area contributed by atoms with Crippen LogP contribution in [0.15, 0.2) is 18.2 Å². The molecule has 0 saturated carbocycles. The maximum Gasteiger partial charge on any atom is 0.253 e. The van der Waals surface area contributed by atoms with Crippen LogP contribution in [0.4, 0.5) is 0 Å². The average molecular weight is 302 g/mol. The molecule has 120 valence electrons. The molecule has 0 bridgehead atoms. The van der Waals surface area contributed by atoms with Gasteiger partial charge in [-0.05, 0) is 48.9 Å². The molecule has 1 fully saturated rings. The van der Waals surface area contributed by atoms with E-state index in [1.54, 1.807) is 0 Å². The fourth-order valence-corrected chi connectivity index (χ4v) is 3.68. The number of amides is 1. The largest absolute Gasteiger partial charge is 0.395 e. The summed E-state index contributed by atoms with van der Waals surface area (Å²) in [4.78, 5) is 16.9. The quantitative estimate of drug-likeness (QED) is 0.921. The van der Waals surface area contributed by atoms with Gasteiger partial charge in [-0.15, -0.1) is 0 Å². The molecule has 2 aliphatic rings. The van der Waals surface area contributed by atoms with Crippen molar-refractivity contribution in [2.45, 2.75) is 38.6 Å². The van der Waals surface area contributed by atoms with Crippen LogP contribution in [0.1, 0.15) is 41.3 Å². The number of hydrogen-bond acceptors (Lipinski definition) is 3. The first kappa shape index (κ1) is 15.5. The topological polar surface area (TPSA) is 43.8 Å². The van der Waals surface area contributed by atoms with Crippen molar-refractivity contribution >= 4 is 5.91 Å². The number of piperazine rings is 1. The van der Waals surface area contributed by atoms with Crippen LogP contribution in [0.5, 0.6) is 0 Å². The van der Waals surface area contributed by atoms with Crippen LogP contribution in [0.3, 0.4) is 0 Å². The van der Waals surface area contributed by atoms with Crippen LogP contribution >= 0.6 is 0 Å². The number of rotatable bonds is 4. The second-order valence-electron chi connectivity index (χ2n) is 6.41. The fraction of sp³-hybridized carbons (Fsp3) is 0.611. The number of nitrogens with zero attached hydrogens (tertiary/aromatic N) is 2. The van der Waals surface area contributed by atoms with Crippen LogP contribution in [-0.4, -0.2) is 59.6 Å². The minimum Gasteiger partial charge on any atom is -0.395 e. The lowest BCUT2D eigenvalue weighted by Gasteiger charge is -2.38. The summed E-state index contributed by atoms with van der Waals surface area (Å²) in [5.74, 6) is 0.159. The molecule has 1 unspecified atom stereocenters. The number of carbonyl (C=O) groups excluding carboxylic acids is 1.